The summed E-state index contributed by atoms with van der Waals surface area (Å²) in [5.74, 6) is 0.169. The summed E-state index contributed by atoms with van der Waals surface area (Å²) in [6, 6.07) is 9.12. The number of para-hydroxylation sites is 1. The second-order valence-electron chi connectivity index (χ2n) is 4.94. The number of non-ortho nitro benzene ring substituents is 1. The van der Waals surface area contributed by atoms with Gasteiger partial charge in [-0.3, -0.25) is 10.1 Å². The second kappa shape index (κ2) is 8.60. The number of nitro benzene ring substituents is 1. The zero-order valence-corrected chi connectivity index (χ0v) is 13.6. The van der Waals surface area contributed by atoms with Crippen LogP contribution < -0.4 is 20.1 Å². The van der Waals surface area contributed by atoms with Gasteiger partial charge in [0, 0.05) is 24.2 Å². The average molecular weight is 367 g/mol. The van der Waals surface area contributed by atoms with Crippen LogP contribution in [0, 0.1) is 10.1 Å². The van der Waals surface area contributed by atoms with Crippen molar-refractivity contribution in [3.63, 3.8) is 0 Å². The molecule has 0 aliphatic heterocycles. The number of rotatable bonds is 7. The van der Waals surface area contributed by atoms with Gasteiger partial charge in [-0.15, -0.1) is 0 Å². The van der Waals surface area contributed by atoms with Gasteiger partial charge in [0.05, 0.1) is 17.7 Å². The number of anilines is 1. The van der Waals surface area contributed by atoms with Crippen LogP contribution >= 0.6 is 0 Å². The molecule has 26 heavy (non-hydrogen) atoms. The van der Waals surface area contributed by atoms with Crippen molar-refractivity contribution in [3.8, 4) is 11.5 Å². The molecule has 2 rings (SSSR count). The molecule has 0 atom stereocenters. The Morgan fingerprint density at radius 1 is 1.23 bits per heavy atom. The van der Waals surface area contributed by atoms with Gasteiger partial charge in [0.2, 0.25) is 0 Å². The number of amides is 2. The fourth-order valence-electron chi connectivity index (χ4n) is 2.12. The molecular weight excluding hydrogens is 352 g/mol. The lowest BCUT2D eigenvalue weighted by Gasteiger charge is -2.13. The Morgan fingerprint density at radius 2 is 1.96 bits per heavy atom. The van der Waals surface area contributed by atoms with Gasteiger partial charge in [-0.25, -0.2) is 4.79 Å². The lowest BCUT2D eigenvalue weighted by Crippen LogP contribution is -2.28. The van der Waals surface area contributed by atoms with E-state index in [2.05, 4.69) is 15.4 Å². The Hall–Kier alpha value is -3.43. The number of carbonyl (C=O) groups is 1. The summed E-state index contributed by atoms with van der Waals surface area (Å²) in [7, 11) is 1.48. The van der Waals surface area contributed by atoms with E-state index in [1.807, 2.05) is 0 Å². The highest BCUT2D eigenvalue weighted by Crippen LogP contribution is 2.30. The smallest absolute Gasteiger partial charge is 0.387 e. The number of urea groups is 1. The fraction of sp³-hybridized carbons (Fsp3) is 0.188. The largest absolute Gasteiger partial charge is 0.496 e. The number of halogens is 2. The zero-order valence-electron chi connectivity index (χ0n) is 13.6. The van der Waals surface area contributed by atoms with E-state index in [0.29, 0.717) is 11.3 Å². The Bertz CT molecular complexity index is 801. The van der Waals surface area contributed by atoms with E-state index in [-0.39, 0.29) is 17.9 Å². The third-order valence-electron chi connectivity index (χ3n) is 3.27. The number of benzene rings is 2. The minimum atomic E-state index is -3.14. The van der Waals surface area contributed by atoms with Gasteiger partial charge >= 0.3 is 12.6 Å². The molecule has 138 valence electrons. The van der Waals surface area contributed by atoms with Crippen LogP contribution in [0.15, 0.2) is 42.5 Å². The number of hydrogen-bond acceptors (Lipinski definition) is 5. The molecule has 10 heteroatoms. The molecule has 0 bridgehead atoms. The van der Waals surface area contributed by atoms with Crippen molar-refractivity contribution in [2.24, 2.45) is 0 Å². The molecule has 2 aromatic carbocycles. The fourth-order valence-corrected chi connectivity index (χ4v) is 2.12. The molecule has 0 fully saturated rings. The van der Waals surface area contributed by atoms with Crippen LogP contribution in [0.1, 0.15) is 5.56 Å². The van der Waals surface area contributed by atoms with Crippen LogP contribution in [0.4, 0.5) is 25.0 Å². The Morgan fingerprint density at radius 3 is 2.62 bits per heavy atom. The number of nitrogens with one attached hydrogen (secondary N) is 2. The predicted molar refractivity (Wildman–Crippen MR) is 88.6 cm³/mol. The molecule has 0 aliphatic carbocycles. The van der Waals surface area contributed by atoms with Crippen molar-refractivity contribution in [3.05, 3.63) is 58.1 Å². The lowest BCUT2D eigenvalue weighted by atomic mass is 10.2. The predicted octanol–water partition coefficient (Wildman–Crippen LogP) is 3.53. The molecule has 0 aliphatic rings. The molecule has 0 radical (unpaired) electrons. The maximum Gasteiger partial charge on any atom is 0.387 e. The second-order valence-corrected chi connectivity index (χ2v) is 4.94. The summed E-state index contributed by atoms with van der Waals surface area (Å²) in [4.78, 5) is 22.1. The van der Waals surface area contributed by atoms with E-state index in [9.17, 15) is 23.7 Å². The average Bonchev–Trinajstić information content (AvgIpc) is 2.61. The molecule has 0 unspecified atom stereocenters. The maximum atomic E-state index is 12.5. The first-order valence-electron chi connectivity index (χ1n) is 7.30. The molecule has 8 nitrogen and oxygen atoms in total. The van der Waals surface area contributed by atoms with Gasteiger partial charge in [0.1, 0.15) is 11.5 Å². The monoisotopic (exact) mass is 367 g/mol. The molecule has 2 N–H and O–H groups in total. The van der Waals surface area contributed by atoms with Gasteiger partial charge in [0.15, 0.2) is 0 Å². The molecule has 0 spiro atoms. The normalized spacial score (nSPS) is 10.3. The highest BCUT2D eigenvalue weighted by Gasteiger charge is 2.17. The Labute approximate surface area is 146 Å². The summed E-state index contributed by atoms with van der Waals surface area (Å²) in [5, 5.41) is 15.6. The minimum Gasteiger partial charge on any atom is -0.496 e. The summed E-state index contributed by atoms with van der Waals surface area (Å²) in [5.41, 5.74) is 0.0527. The van der Waals surface area contributed by atoms with Crippen molar-refractivity contribution in [1.82, 2.24) is 5.32 Å². The SMILES string of the molecule is COc1ccccc1CNC(=O)Nc1cc([N+](=O)[O-])ccc1OC(F)F. The van der Waals surface area contributed by atoms with Crippen LogP contribution in [0.3, 0.4) is 0 Å². The number of ether oxygens (including phenoxy) is 2. The van der Waals surface area contributed by atoms with Gasteiger partial charge < -0.3 is 20.1 Å². The summed E-state index contributed by atoms with van der Waals surface area (Å²) >= 11 is 0. The van der Waals surface area contributed by atoms with Crippen molar-refractivity contribution in [2.45, 2.75) is 13.2 Å². The summed E-state index contributed by atoms with van der Waals surface area (Å²) < 4.78 is 34.3. The summed E-state index contributed by atoms with van der Waals surface area (Å²) in [6.07, 6.45) is 0. The molecule has 2 aromatic rings. The van der Waals surface area contributed by atoms with Crippen molar-refractivity contribution >= 4 is 17.4 Å². The first kappa shape index (κ1) is 18.9. The summed E-state index contributed by atoms with van der Waals surface area (Å²) in [6.45, 7) is -3.05. The van der Waals surface area contributed by atoms with E-state index in [1.54, 1.807) is 24.3 Å². The van der Waals surface area contributed by atoms with Gasteiger partial charge in [-0.05, 0) is 12.1 Å². The molecule has 2 amide bonds. The van der Waals surface area contributed by atoms with E-state index in [0.717, 1.165) is 18.2 Å². The van der Waals surface area contributed by atoms with Crippen molar-refractivity contribution < 1.29 is 28.0 Å². The first-order chi connectivity index (χ1) is 12.4. The van der Waals surface area contributed by atoms with Crippen LogP contribution in [0.2, 0.25) is 0 Å². The molecule has 0 heterocycles. The first-order valence-corrected chi connectivity index (χ1v) is 7.30. The number of alkyl halides is 2. The van der Waals surface area contributed by atoms with Crippen LogP contribution in [-0.4, -0.2) is 24.7 Å². The lowest BCUT2D eigenvalue weighted by molar-refractivity contribution is -0.384. The highest BCUT2D eigenvalue weighted by molar-refractivity contribution is 5.91. The number of carbonyl (C=O) groups excluding carboxylic acids is 1. The van der Waals surface area contributed by atoms with Gasteiger partial charge in [-0.1, -0.05) is 18.2 Å². The highest BCUT2D eigenvalue weighted by atomic mass is 19.3. The molecule has 0 aromatic heterocycles. The standard InChI is InChI=1S/C16H15F2N3O5/c1-25-13-5-3-2-4-10(13)9-19-16(22)20-12-8-11(21(23)24)6-7-14(12)26-15(17)18/h2-8,15H,9H2,1H3,(H2,19,20,22). The number of nitro groups is 1. The van der Waals surface area contributed by atoms with Crippen molar-refractivity contribution in [1.29, 1.82) is 0 Å². The van der Waals surface area contributed by atoms with Crippen LogP contribution in [0.25, 0.3) is 0 Å². The van der Waals surface area contributed by atoms with E-state index < -0.39 is 23.3 Å². The molecular formula is C16H15F2N3O5. The topological polar surface area (TPSA) is 103 Å². The third kappa shape index (κ3) is 5.03. The van der Waals surface area contributed by atoms with Gasteiger partial charge in [0.25, 0.3) is 5.69 Å². The van der Waals surface area contributed by atoms with E-state index >= 15 is 0 Å². The van der Waals surface area contributed by atoms with Crippen LogP contribution in [0.5, 0.6) is 11.5 Å². The minimum absolute atomic E-state index is 0.0931. The Kier molecular flexibility index (Phi) is 6.25. The van der Waals surface area contributed by atoms with Crippen molar-refractivity contribution in [2.75, 3.05) is 12.4 Å². The number of methoxy groups -OCH3 is 1. The number of hydrogen-bond donors (Lipinski definition) is 2. The quantitative estimate of drug-likeness (QED) is 0.576. The third-order valence-corrected chi connectivity index (χ3v) is 3.27. The van der Waals surface area contributed by atoms with E-state index in [1.165, 1.54) is 7.11 Å². The molecule has 0 saturated heterocycles. The van der Waals surface area contributed by atoms with Crippen LogP contribution in [-0.2, 0) is 6.54 Å². The Balaban J connectivity index is 2.11. The maximum absolute atomic E-state index is 12.5. The van der Waals surface area contributed by atoms with E-state index in [4.69, 9.17) is 4.74 Å². The molecule has 0 saturated carbocycles. The number of nitrogens with zero attached hydrogens (tertiary/aromatic N) is 1. The zero-order chi connectivity index (χ0) is 19.1. The van der Waals surface area contributed by atoms with Gasteiger partial charge in [-0.2, -0.15) is 8.78 Å².